The highest BCUT2D eigenvalue weighted by Gasteiger charge is 2.63. The van der Waals surface area contributed by atoms with E-state index in [9.17, 15) is 27.4 Å². The number of rotatable bonds is 9. The predicted octanol–water partition coefficient (Wildman–Crippen LogP) is 1.11. The summed E-state index contributed by atoms with van der Waals surface area (Å²) in [6, 6.07) is 0. The van der Waals surface area contributed by atoms with Crippen molar-refractivity contribution in [3.05, 3.63) is 0 Å². The molecule has 7 atom stereocenters. The second-order valence-electron chi connectivity index (χ2n) is 8.09. The molecule has 28 heavy (non-hydrogen) atoms. The molecule has 0 radical (unpaired) electrons. The Hall–Kier alpha value is -1.68. The van der Waals surface area contributed by atoms with Gasteiger partial charge in [0, 0.05) is 11.8 Å². The molecule has 0 aromatic rings. The van der Waals surface area contributed by atoms with Crippen LogP contribution in [0.5, 0.6) is 0 Å². The van der Waals surface area contributed by atoms with Gasteiger partial charge in [-0.2, -0.15) is 8.42 Å². The van der Waals surface area contributed by atoms with Crippen molar-refractivity contribution in [2.45, 2.75) is 63.4 Å². The average Bonchev–Trinajstić information content (AvgIpc) is 3.22. The predicted molar refractivity (Wildman–Crippen MR) is 94.4 cm³/mol. The third-order valence-electron chi connectivity index (χ3n) is 5.95. The Kier molecular flexibility index (Phi) is 6.00. The molecule has 3 fully saturated rings. The fourth-order valence-electron chi connectivity index (χ4n) is 4.61. The number of hydrogen-bond acceptors (Lipinski definition) is 8. The Morgan fingerprint density at radius 2 is 2.04 bits per heavy atom. The summed E-state index contributed by atoms with van der Waals surface area (Å²) in [6.45, 7) is 3.98. The van der Waals surface area contributed by atoms with Crippen LogP contribution in [0.15, 0.2) is 0 Å². The molecule has 1 aliphatic heterocycles. The molecule has 2 saturated carbocycles. The largest absolute Gasteiger partial charge is 0.465 e. The molecular formula is C18H26O9S. The zero-order valence-electron chi connectivity index (χ0n) is 15.9. The minimum atomic E-state index is -4.87. The minimum absolute atomic E-state index is 0.0236. The Morgan fingerprint density at radius 1 is 1.32 bits per heavy atom. The lowest BCUT2D eigenvalue weighted by Gasteiger charge is -2.26. The quantitative estimate of drug-likeness (QED) is 0.332. The minimum Gasteiger partial charge on any atom is -0.465 e. The van der Waals surface area contributed by atoms with Crippen LogP contribution in [-0.4, -0.2) is 54.9 Å². The highest BCUT2D eigenvalue weighted by molar-refractivity contribution is 7.87. The number of esters is 3. The lowest BCUT2D eigenvalue weighted by molar-refractivity contribution is -0.163. The molecule has 0 amide bonds. The van der Waals surface area contributed by atoms with Gasteiger partial charge < -0.3 is 14.2 Å². The van der Waals surface area contributed by atoms with Gasteiger partial charge in [0.15, 0.2) is 5.25 Å². The molecule has 2 bridgehead atoms. The molecule has 10 heteroatoms. The SMILES string of the molecule is CCCC(C)COC(=O)CC(C(=O)OC1C2CC3C(=O)OC1C3C2)S(=O)(=O)O. The first kappa shape index (κ1) is 21.0. The third-order valence-corrected chi connectivity index (χ3v) is 7.03. The van der Waals surface area contributed by atoms with Crippen molar-refractivity contribution >= 4 is 28.0 Å². The molecule has 0 aromatic carbocycles. The summed E-state index contributed by atoms with van der Waals surface area (Å²) in [4.78, 5) is 36.2. The van der Waals surface area contributed by atoms with Gasteiger partial charge in [0.1, 0.15) is 12.2 Å². The molecule has 9 nitrogen and oxygen atoms in total. The monoisotopic (exact) mass is 418 g/mol. The van der Waals surface area contributed by atoms with Gasteiger partial charge >= 0.3 is 17.9 Å². The van der Waals surface area contributed by atoms with E-state index >= 15 is 0 Å². The number of ether oxygens (including phenoxy) is 3. The molecule has 7 unspecified atom stereocenters. The van der Waals surface area contributed by atoms with Crippen LogP contribution in [0.4, 0.5) is 0 Å². The number of hydrogen-bond donors (Lipinski definition) is 1. The first-order valence-corrected chi connectivity index (χ1v) is 11.1. The summed E-state index contributed by atoms with van der Waals surface area (Å²) in [7, 11) is -4.87. The Balaban J connectivity index is 1.60. The summed E-state index contributed by atoms with van der Waals surface area (Å²) in [6.07, 6.45) is 0.801. The van der Waals surface area contributed by atoms with E-state index in [0.29, 0.717) is 12.8 Å². The van der Waals surface area contributed by atoms with Crippen LogP contribution >= 0.6 is 0 Å². The van der Waals surface area contributed by atoms with Gasteiger partial charge in [-0.25, -0.2) is 0 Å². The zero-order valence-corrected chi connectivity index (χ0v) is 16.7. The zero-order chi connectivity index (χ0) is 20.6. The summed E-state index contributed by atoms with van der Waals surface area (Å²) < 4.78 is 48.3. The standard InChI is InChI=1S/C18H26O9S/c1-3-4-9(2)8-25-14(19)7-13(28(22,23)24)18(21)26-15-10-5-11-12(6-10)17(20)27-16(11)15/h9-13,15-16H,3-8H2,1-2H3,(H,22,23,24). The Labute approximate surface area is 163 Å². The van der Waals surface area contributed by atoms with Crippen LogP contribution in [0.3, 0.4) is 0 Å². The summed E-state index contributed by atoms with van der Waals surface area (Å²) in [5, 5.41) is -2.06. The van der Waals surface area contributed by atoms with Crippen LogP contribution in [-0.2, 0) is 38.7 Å². The first-order valence-electron chi connectivity index (χ1n) is 9.64. The van der Waals surface area contributed by atoms with Gasteiger partial charge in [0.2, 0.25) is 0 Å². The third kappa shape index (κ3) is 4.17. The average molecular weight is 418 g/mol. The van der Waals surface area contributed by atoms with E-state index < -0.39 is 45.9 Å². The van der Waals surface area contributed by atoms with Crippen LogP contribution in [0.1, 0.15) is 46.0 Å². The Morgan fingerprint density at radius 3 is 2.68 bits per heavy atom. The summed E-state index contributed by atoms with van der Waals surface area (Å²) in [5.41, 5.74) is 0. The fraction of sp³-hybridized carbons (Fsp3) is 0.833. The van der Waals surface area contributed by atoms with E-state index in [1.807, 2.05) is 13.8 Å². The van der Waals surface area contributed by atoms with E-state index in [-0.39, 0.29) is 36.2 Å². The summed E-state index contributed by atoms with van der Waals surface area (Å²) in [5.74, 6) is -2.62. The highest BCUT2D eigenvalue weighted by atomic mass is 32.2. The van der Waals surface area contributed by atoms with Gasteiger partial charge in [-0.3, -0.25) is 18.9 Å². The molecule has 1 N–H and O–H groups in total. The van der Waals surface area contributed by atoms with Gasteiger partial charge in [0.05, 0.1) is 18.9 Å². The van der Waals surface area contributed by atoms with Crippen molar-refractivity contribution in [1.82, 2.24) is 0 Å². The van der Waals surface area contributed by atoms with Crippen LogP contribution in [0.2, 0.25) is 0 Å². The van der Waals surface area contributed by atoms with Crippen LogP contribution in [0.25, 0.3) is 0 Å². The maximum Gasteiger partial charge on any atom is 0.327 e. The van der Waals surface area contributed by atoms with Crippen molar-refractivity contribution in [2.75, 3.05) is 6.61 Å². The number of carbonyl (C=O) groups is 3. The molecule has 3 aliphatic rings. The molecule has 0 spiro atoms. The molecular weight excluding hydrogens is 392 g/mol. The smallest absolute Gasteiger partial charge is 0.327 e. The highest BCUT2D eigenvalue weighted by Crippen LogP contribution is 2.55. The number of fused-ring (bicyclic) bond motifs is 1. The van der Waals surface area contributed by atoms with Gasteiger partial charge in [-0.15, -0.1) is 0 Å². The van der Waals surface area contributed by atoms with E-state index in [4.69, 9.17) is 14.2 Å². The molecule has 158 valence electrons. The van der Waals surface area contributed by atoms with E-state index in [0.717, 1.165) is 12.8 Å². The Bertz CT molecular complexity index is 746. The lowest BCUT2D eigenvalue weighted by atomic mass is 9.88. The van der Waals surface area contributed by atoms with E-state index in [2.05, 4.69) is 0 Å². The second kappa shape index (κ2) is 7.98. The van der Waals surface area contributed by atoms with Crippen LogP contribution in [0, 0.1) is 23.7 Å². The van der Waals surface area contributed by atoms with Gasteiger partial charge in [-0.1, -0.05) is 20.3 Å². The normalized spacial score (nSPS) is 32.7. The fourth-order valence-corrected chi connectivity index (χ4v) is 5.25. The van der Waals surface area contributed by atoms with Gasteiger partial charge in [-0.05, 0) is 25.2 Å². The second-order valence-corrected chi connectivity index (χ2v) is 9.69. The molecule has 1 heterocycles. The van der Waals surface area contributed by atoms with Crippen LogP contribution < -0.4 is 0 Å². The van der Waals surface area contributed by atoms with Crippen molar-refractivity contribution < 1.29 is 41.6 Å². The number of carbonyl (C=O) groups excluding carboxylic acids is 3. The van der Waals surface area contributed by atoms with E-state index in [1.54, 1.807) is 0 Å². The molecule has 0 aromatic heterocycles. The van der Waals surface area contributed by atoms with Gasteiger partial charge in [0.25, 0.3) is 10.1 Å². The molecule has 2 aliphatic carbocycles. The van der Waals surface area contributed by atoms with E-state index in [1.165, 1.54) is 0 Å². The molecule has 3 rings (SSSR count). The summed E-state index contributed by atoms with van der Waals surface area (Å²) >= 11 is 0. The van der Waals surface area contributed by atoms with Crippen molar-refractivity contribution in [2.24, 2.45) is 23.7 Å². The van der Waals surface area contributed by atoms with Crippen molar-refractivity contribution in [3.8, 4) is 0 Å². The topological polar surface area (TPSA) is 133 Å². The first-order chi connectivity index (χ1) is 13.1. The lowest BCUT2D eigenvalue weighted by Crippen LogP contribution is -2.42. The maximum atomic E-state index is 12.4. The van der Waals surface area contributed by atoms with Crippen molar-refractivity contribution in [1.29, 1.82) is 0 Å². The van der Waals surface area contributed by atoms with Crippen molar-refractivity contribution in [3.63, 3.8) is 0 Å². The maximum absolute atomic E-state index is 12.4. The molecule has 1 saturated heterocycles.